The molecule has 0 spiro atoms. The fourth-order valence-corrected chi connectivity index (χ4v) is 4.09. The van der Waals surface area contributed by atoms with Crippen molar-refractivity contribution in [2.45, 2.75) is 32.7 Å². The Labute approximate surface area is 206 Å². The Morgan fingerprint density at radius 2 is 1.80 bits per heavy atom. The third-order valence-electron chi connectivity index (χ3n) is 5.15. The van der Waals surface area contributed by atoms with Crippen molar-refractivity contribution in [2.75, 3.05) is 18.4 Å². The molecule has 10 nitrogen and oxygen atoms in total. The Kier molecular flexibility index (Phi) is 8.74. The summed E-state index contributed by atoms with van der Waals surface area (Å²) in [5, 5.41) is 28.9. The van der Waals surface area contributed by atoms with E-state index in [0.717, 1.165) is 18.4 Å². The van der Waals surface area contributed by atoms with Crippen LogP contribution in [0.2, 0.25) is 0 Å². The fourth-order valence-electron chi connectivity index (χ4n) is 3.45. The summed E-state index contributed by atoms with van der Waals surface area (Å²) < 4.78 is 0. The van der Waals surface area contributed by atoms with Crippen LogP contribution in [0.5, 0.6) is 5.75 Å². The van der Waals surface area contributed by atoms with Gasteiger partial charge in [0.15, 0.2) is 0 Å². The lowest BCUT2D eigenvalue weighted by Crippen LogP contribution is -2.48. The first-order valence-electron chi connectivity index (χ1n) is 11.0. The minimum atomic E-state index is -1.32. The van der Waals surface area contributed by atoms with E-state index in [4.69, 9.17) is 0 Å². The van der Waals surface area contributed by atoms with Gasteiger partial charge in [-0.3, -0.25) is 9.59 Å². The number of phenolic OH excluding ortho intramolecular Hbond substituents is 1. The van der Waals surface area contributed by atoms with Crippen molar-refractivity contribution in [1.82, 2.24) is 20.6 Å². The molecule has 1 unspecified atom stereocenters. The van der Waals surface area contributed by atoms with E-state index in [1.165, 1.54) is 11.3 Å². The molecule has 1 aromatic carbocycles. The van der Waals surface area contributed by atoms with Gasteiger partial charge in [0.2, 0.25) is 5.95 Å². The van der Waals surface area contributed by atoms with Crippen LogP contribution in [0, 0.1) is 13.8 Å². The number of aryl methyl sites for hydroxylation is 3. The number of carbonyl (C=O) groups excluding carboxylic acids is 2. The van der Waals surface area contributed by atoms with Gasteiger partial charge in [-0.25, -0.2) is 14.8 Å². The molecule has 0 saturated heterocycles. The van der Waals surface area contributed by atoms with Gasteiger partial charge in [0, 0.05) is 13.1 Å². The van der Waals surface area contributed by atoms with Gasteiger partial charge in [-0.05, 0) is 55.8 Å². The van der Waals surface area contributed by atoms with Gasteiger partial charge in [0.25, 0.3) is 11.8 Å². The van der Waals surface area contributed by atoms with E-state index < -0.39 is 23.8 Å². The van der Waals surface area contributed by atoms with Crippen molar-refractivity contribution in [3.8, 4) is 5.75 Å². The lowest BCUT2D eigenvalue weighted by atomic mass is 10.1. The van der Waals surface area contributed by atoms with Gasteiger partial charge < -0.3 is 26.2 Å². The molecule has 0 aliphatic rings. The quantitative estimate of drug-likeness (QED) is 0.253. The maximum Gasteiger partial charge on any atom is 0.328 e. The molecule has 0 fully saturated rings. The maximum absolute atomic E-state index is 12.8. The number of carbonyl (C=O) groups is 3. The molecular formula is C24H27N5O5S. The number of amides is 2. The zero-order chi connectivity index (χ0) is 25.4. The monoisotopic (exact) mass is 497 g/mol. The van der Waals surface area contributed by atoms with Gasteiger partial charge in [0.05, 0.1) is 21.8 Å². The second kappa shape index (κ2) is 11.9. The van der Waals surface area contributed by atoms with E-state index in [-0.39, 0.29) is 17.9 Å². The van der Waals surface area contributed by atoms with Crippen molar-refractivity contribution in [1.29, 1.82) is 0 Å². The van der Waals surface area contributed by atoms with Crippen LogP contribution >= 0.6 is 11.3 Å². The van der Waals surface area contributed by atoms with E-state index in [9.17, 15) is 24.6 Å². The van der Waals surface area contributed by atoms with Gasteiger partial charge in [-0.1, -0.05) is 18.2 Å². The normalized spacial score (nSPS) is 11.5. The SMILES string of the molecule is Cc1nc(NCCCc2cccc(O)c2)nc(C)c1C(=O)NC(CNC(=O)c1cccs1)C(=O)O. The molecule has 3 rings (SSSR count). The highest BCUT2D eigenvalue weighted by molar-refractivity contribution is 7.12. The second-order valence-corrected chi connectivity index (χ2v) is 8.79. The molecule has 0 aliphatic heterocycles. The number of benzene rings is 1. The summed E-state index contributed by atoms with van der Waals surface area (Å²) in [7, 11) is 0. The van der Waals surface area contributed by atoms with Crippen LogP contribution in [0.4, 0.5) is 5.95 Å². The molecule has 35 heavy (non-hydrogen) atoms. The first-order chi connectivity index (χ1) is 16.7. The van der Waals surface area contributed by atoms with Crippen molar-refractivity contribution < 1.29 is 24.6 Å². The van der Waals surface area contributed by atoms with E-state index in [2.05, 4.69) is 25.9 Å². The zero-order valence-electron chi connectivity index (χ0n) is 19.4. The predicted octanol–water partition coefficient (Wildman–Crippen LogP) is 2.52. The third kappa shape index (κ3) is 7.24. The zero-order valence-corrected chi connectivity index (χ0v) is 20.2. The summed E-state index contributed by atoms with van der Waals surface area (Å²) in [5.41, 5.74) is 2.01. The molecule has 0 bridgehead atoms. The van der Waals surface area contributed by atoms with Crippen molar-refractivity contribution in [2.24, 2.45) is 0 Å². The number of hydrogen-bond donors (Lipinski definition) is 5. The number of carboxylic acid groups (broad SMARTS) is 1. The van der Waals surface area contributed by atoms with Crippen molar-refractivity contribution in [3.05, 3.63) is 69.2 Å². The molecule has 3 aromatic rings. The second-order valence-electron chi connectivity index (χ2n) is 7.84. The lowest BCUT2D eigenvalue weighted by molar-refractivity contribution is -0.139. The van der Waals surface area contributed by atoms with Gasteiger partial charge in [-0.2, -0.15) is 0 Å². The number of nitrogens with one attached hydrogen (secondary N) is 3. The number of aromatic hydroxyl groups is 1. The molecule has 5 N–H and O–H groups in total. The number of phenols is 1. The van der Waals surface area contributed by atoms with Crippen LogP contribution in [0.15, 0.2) is 41.8 Å². The molecule has 2 heterocycles. The maximum atomic E-state index is 12.8. The Morgan fingerprint density at radius 1 is 1.06 bits per heavy atom. The molecule has 2 amide bonds. The van der Waals surface area contributed by atoms with E-state index >= 15 is 0 Å². The summed E-state index contributed by atoms with van der Waals surface area (Å²) in [5.74, 6) is -1.71. The summed E-state index contributed by atoms with van der Waals surface area (Å²) >= 11 is 1.23. The molecule has 1 atom stereocenters. The summed E-state index contributed by atoms with van der Waals surface area (Å²) in [6, 6.07) is 9.10. The minimum Gasteiger partial charge on any atom is -0.508 e. The van der Waals surface area contributed by atoms with E-state index in [0.29, 0.717) is 28.8 Å². The number of nitrogens with zero attached hydrogens (tertiary/aromatic N) is 2. The van der Waals surface area contributed by atoms with Crippen molar-refractivity contribution >= 4 is 35.1 Å². The van der Waals surface area contributed by atoms with Crippen LogP contribution < -0.4 is 16.0 Å². The highest BCUT2D eigenvalue weighted by Gasteiger charge is 2.24. The van der Waals surface area contributed by atoms with Gasteiger partial charge in [-0.15, -0.1) is 11.3 Å². The number of anilines is 1. The fraction of sp³-hybridized carbons (Fsp3) is 0.292. The molecule has 0 aliphatic carbocycles. The largest absolute Gasteiger partial charge is 0.508 e. The highest BCUT2D eigenvalue weighted by atomic mass is 32.1. The van der Waals surface area contributed by atoms with E-state index in [1.54, 1.807) is 49.6 Å². The minimum absolute atomic E-state index is 0.186. The Balaban J connectivity index is 1.57. The van der Waals surface area contributed by atoms with Gasteiger partial charge >= 0.3 is 5.97 Å². The van der Waals surface area contributed by atoms with Crippen LogP contribution in [0.25, 0.3) is 0 Å². The summed E-state index contributed by atoms with van der Waals surface area (Å²) in [6.45, 7) is 3.62. The van der Waals surface area contributed by atoms with Crippen molar-refractivity contribution in [3.63, 3.8) is 0 Å². The number of thiophene rings is 1. The van der Waals surface area contributed by atoms with Crippen LogP contribution in [-0.2, 0) is 11.2 Å². The van der Waals surface area contributed by atoms with E-state index in [1.807, 2.05) is 6.07 Å². The molecule has 0 radical (unpaired) electrons. The molecule has 0 saturated carbocycles. The third-order valence-corrected chi connectivity index (χ3v) is 6.02. The Bertz CT molecular complexity index is 1180. The van der Waals surface area contributed by atoms with Crippen LogP contribution in [0.3, 0.4) is 0 Å². The Morgan fingerprint density at radius 3 is 2.43 bits per heavy atom. The van der Waals surface area contributed by atoms with Crippen LogP contribution in [-0.4, -0.2) is 57.1 Å². The highest BCUT2D eigenvalue weighted by Crippen LogP contribution is 2.15. The predicted molar refractivity (Wildman–Crippen MR) is 132 cm³/mol. The Hall–Kier alpha value is -3.99. The number of carboxylic acids is 1. The molecular weight excluding hydrogens is 470 g/mol. The number of rotatable bonds is 11. The van der Waals surface area contributed by atoms with Gasteiger partial charge in [0.1, 0.15) is 11.8 Å². The topological polar surface area (TPSA) is 154 Å². The first-order valence-corrected chi connectivity index (χ1v) is 11.8. The molecule has 184 valence electrons. The smallest absolute Gasteiger partial charge is 0.328 e. The standard InChI is InChI=1S/C24H27N5O5S/c1-14-20(22(32)29-18(23(33)34)13-26-21(31)19-9-5-11-35-19)15(2)28-24(27-14)25-10-4-7-16-6-3-8-17(30)12-16/h3,5-6,8-9,11-12,18,30H,4,7,10,13H2,1-2H3,(H,26,31)(H,29,32)(H,33,34)(H,25,27,28). The molecule has 2 aromatic heterocycles. The average molecular weight is 498 g/mol. The lowest BCUT2D eigenvalue weighted by Gasteiger charge is -2.17. The number of aromatic nitrogens is 2. The number of aliphatic carboxylic acids is 1. The number of hydrogen-bond acceptors (Lipinski definition) is 8. The molecule has 11 heteroatoms. The van der Waals surface area contributed by atoms with Crippen LogP contribution in [0.1, 0.15) is 43.4 Å². The average Bonchev–Trinajstić information content (AvgIpc) is 3.34. The summed E-state index contributed by atoms with van der Waals surface area (Å²) in [4.78, 5) is 45.7. The summed E-state index contributed by atoms with van der Waals surface area (Å²) in [6.07, 6.45) is 1.55. The first kappa shape index (κ1) is 25.6.